The number of non-ortho nitro benzene ring substituents is 1. The number of carbonyl (C=O) groups is 1. The number of nitrogens with zero attached hydrogens (tertiary/aromatic N) is 1. The van der Waals surface area contributed by atoms with Crippen molar-refractivity contribution in [1.82, 2.24) is 5.32 Å². The topological polar surface area (TPSA) is 104 Å². The first kappa shape index (κ1) is 18.2. The molecule has 9 heteroatoms. The lowest BCUT2D eigenvalue weighted by molar-refractivity contribution is -0.384. The quantitative estimate of drug-likeness (QED) is 0.583. The minimum Gasteiger partial charge on any atom is -0.484 e. The number of hydrogen-bond acceptors (Lipinski definition) is 6. The highest BCUT2D eigenvalue weighted by Gasteiger charge is 2.18. The van der Waals surface area contributed by atoms with Gasteiger partial charge in [0.1, 0.15) is 18.1 Å². The third-order valence-electron chi connectivity index (χ3n) is 3.90. The highest BCUT2D eigenvalue weighted by Crippen LogP contribution is 2.29. The maximum Gasteiger partial charge on any atom is 0.287 e. The summed E-state index contributed by atoms with van der Waals surface area (Å²) < 4.78 is 16.4. The predicted octanol–water partition coefficient (Wildman–Crippen LogP) is 3.33. The van der Waals surface area contributed by atoms with Gasteiger partial charge in [0.2, 0.25) is 0 Å². The van der Waals surface area contributed by atoms with Crippen LogP contribution < -0.4 is 10.1 Å². The third-order valence-corrected chi connectivity index (χ3v) is 4.19. The average molecular weight is 381 g/mol. The summed E-state index contributed by atoms with van der Waals surface area (Å²) in [7, 11) is 0. The molecule has 8 nitrogen and oxygen atoms in total. The van der Waals surface area contributed by atoms with Gasteiger partial charge in [0.05, 0.1) is 16.0 Å². The Labute approximate surface area is 154 Å². The Balaban J connectivity index is 1.53. The van der Waals surface area contributed by atoms with Crippen molar-refractivity contribution in [1.29, 1.82) is 0 Å². The number of nitro groups is 1. The highest BCUT2D eigenvalue weighted by molar-refractivity contribution is 6.32. The van der Waals surface area contributed by atoms with Gasteiger partial charge in [-0.1, -0.05) is 11.6 Å². The number of hydrogen-bond donors (Lipinski definition) is 1. The molecule has 1 fully saturated rings. The van der Waals surface area contributed by atoms with Crippen LogP contribution in [-0.4, -0.2) is 30.1 Å². The van der Waals surface area contributed by atoms with E-state index in [0.717, 1.165) is 19.4 Å². The van der Waals surface area contributed by atoms with Crippen LogP contribution in [0.3, 0.4) is 0 Å². The summed E-state index contributed by atoms with van der Waals surface area (Å²) in [4.78, 5) is 22.2. The number of rotatable bonds is 7. The second kappa shape index (κ2) is 8.20. The Morgan fingerprint density at radius 3 is 2.92 bits per heavy atom. The molecule has 1 aliphatic rings. The largest absolute Gasteiger partial charge is 0.484 e. The summed E-state index contributed by atoms with van der Waals surface area (Å²) in [5.74, 6) is 0.580. The molecular weight excluding hydrogens is 364 g/mol. The van der Waals surface area contributed by atoms with Crippen molar-refractivity contribution in [2.45, 2.75) is 25.6 Å². The molecule has 0 spiro atoms. The van der Waals surface area contributed by atoms with Crippen LogP contribution in [0, 0.1) is 10.1 Å². The molecule has 1 saturated heterocycles. The smallest absolute Gasteiger partial charge is 0.287 e. The van der Waals surface area contributed by atoms with E-state index in [1.165, 1.54) is 18.2 Å². The highest BCUT2D eigenvalue weighted by atomic mass is 35.5. The second-order valence-electron chi connectivity index (χ2n) is 5.77. The fourth-order valence-corrected chi connectivity index (χ4v) is 2.78. The molecule has 1 aliphatic heterocycles. The lowest BCUT2D eigenvalue weighted by Crippen LogP contribution is -2.31. The molecule has 1 aromatic heterocycles. The van der Waals surface area contributed by atoms with Gasteiger partial charge < -0.3 is 19.2 Å². The van der Waals surface area contributed by atoms with Crippen LogP contribution in [0.4, 0.5) is 5.69 Å². The van der Waals surface area contributed by atoms with E-state index in [1.807, 2.05) is 0 Å². The van der Waals surface area contributed by atoms with Crippen LogP contribution in [0.2, 0.25) is 5.02 Å². The van der Waals surface area contributed by atoms with Gasteiger partial charge in [-0.05, 0) is 31.0 Å². The molecule has 2 heterocycles. The minimum absolute atomic E-state index is 0.0382. The minimum atomic E-state index is -0.538. The Kier molecular flexibility index (Phi) is 5.75. The summed E-state index contributed by atoms with van der Waals surface area (Å²) in [6.45, 7) is 1.22. The summed E-state index contributed by atoms with van der Waals surface area (Å²) in [5.41, 5.74) is -0.120. The molecule has 0 aliphatic carbocycles. The summed E-state index contributed by atoms with van der Waals surface area (Å²) in [6, 6.07) is 7.11. The molecule has 0 radical (unpaired) electrons. The van der Waals surface area contributed by atoms with E-state index in [4.69, 9.17) is 25.5 Å². The molecule has 1 unspecified atom stereocenters. The van der Waals surface area contributed by atoms with Crippen molar-refractivity contribution in [3.05, 3.63) is 57.0 Å². The van der Waals surface area contributed by atoms with E-state index >= 15 is 0 Å². The van der Waals surface area contributed by atoms with Gasteiger partial charge in [-0.3, -0.25) is 14.9 Å². The van der Waals surface area contributed by atoms with Gasteiger partial charge in [-0.2, -0.15) is 0 Å². The summed E-state index contributed by atoms with van der Waals surface area (Å²) >= 11 is 5.96. The van der Waals surface area contributed by atoms with Crippen molar-refractivity contribution in [2.75, 3.05) is 13.2 Å². The first-order valence-corrected chi connectivity index (χ1v) is 8.46. The zero-order valence-corrected chi connectivity index (χ0v) is 14.5. The number of furan rings is 1. The molecule has 138 valence electrons. The van der Waals surface area contributed by atoms with Crippen molar-refractivity contribution in [2.24, 2.45) is 0 Å². The molecule has 1 amide bonds. The van der Waals surface area contributed by atoms with Gasteiger partial charge in [0.25, 0.3) is 11.6 Å². The van der Waals surface area contributed by atoms with Gasteiger partial charge in [-0.25, -0.2) is 0 Å². The number of halogens is 1. The number of benzene rings is 1. The fourth-order valence-electron chi connectivity index (χ4n) is 2.55. The predicted molar refractivity (Wildman–Crippen MR) is 92.5 cm³/mol. The number of amides is 1. The molecule has 26 heavy (non-hydrogen) atoms. The fraction of sp³-hybridized carbons (Fsp3) is 0.353. The maximum absolute atomic E-state index is 12.1. The lowest BCUT2D eigenvalue weighted by atomic mass is 10.2. The van der Waals surface area contributed by atoms with E-state index in [2.05, 4.69) is 5.32 Å². The lowest BCUT2D eigenvalue weighted by Gasteiger charge is -2.09. The molecule has 1 aromatic carbocycles. The van der Waals surface area contributed by atoms with Gasteiger partial charge in [0, 0.05) is 25.3 Å². The SMILES string of the molecule is O=C(NCC1CCCO1)c1ccc(COc2ccc([N+](=O)[O-])cc2Cl)o1. The van der Waals surface area contributed by atoms with Crippen molar-refractivity contribution in [3.63, 3.8) is 0 Å². The van der Waals surface area contributed by atoms with Crippen LogP contribution >= 0.6 is 11.6 Å². The summed E-state index contributed by atoms with van der Waals surface area (Å²) in [5, 5.41) is 13.6. The summed E-state index contributed by atoms with van der Waals surface area (Å²) in [6.07, 6.45) is 2.00. The Morgan fingerprint density at radius 1 is 1.38 bits per heavy atom. The van der Waals surface area contributed by atoms with Crippen LogP contribution in [-0.2, 0) is 11.3 Å². The standard InChI is InChI=1S/C17H17ClN2O6/c18-14-8-11(20(22)23)3-5-15(14)25-10-13-4-6-16(26-13)17(21)19-9-12-2-1-7-24-12/h3-6,8,12H,1-2,7,9-10H2,(H,19,21). The van der Waals surface area contributed by atoms with Gasteiger partial charge >= 0.3 is 0 Å². The van der Waals surface area contributed by atoms with E-state index in [9.17, 15) is 14.9 Å². The first-order chi connectivity index (χ1) is 12.5. The Bertz CT molecular complexity index is 800. The molecule has 0 bridgehead atoms. The molecule has 1 N–H and O–H groups in total. The number of carbonyl (C=O) groups excluding carboxylic acids is 1. The Hall–Kier alpha value is -2.58. The zero-order chi connectivity index (χ0) is 18.5. The van der Waals surface area contributed by atoms with Crippen molar-refractivity contribution >= 4 is 23.2 Å². The van der Waals surface area contributed by atoms with Crippen LogP contribution in [0.5, 0.6) is 5.75 Å². The second-order valence-corrected chi connectivity index (χ2v) is 6.18. The van der Waals surface area contributed by atoms with Crippen LogP contribution in [0.25, 0.3) is 0 Å². The molecule has 2 aromatic rings. The monoisotopic (exact) mass is 380 g/mol. The van der Waals surface area contributed by atoms with Crippen LogP contribution in [0.15, 0.2) is 34.7 Å². The first-order valence-electron chi connectivity index (χ1n) is 8.08. The number of nitrogens with one attached hydrogen (secondary N) is 1. The normalized spacial score (nSPS) is 16.4. The van der Waals surface area contributed by atoms with Crippen molar-refractivity contribution in [3.8, 4) is 5.75 Å². The molecule has 0 saturated carbocycles. The molecule has 1 atom stereocenters. The zero-order valence-electron chi connectivity index (χ0n) is 13.8. The number of ether oxygens (including phenoxy) is 2. The third kappa shape index (κ3) is 4.53. The molecule has 3 rings (SSSR count). The maximum atomic E-state index is 12.1. The van der Waals surface area contributed by atoms with E-state index in [0.29, 0.717) is 12.3 Å². The van der Waals surface area contributed by atoms with E-state index < -0.39 is 4.92 Å². The van der Waals surface area contributed by atoms with E-state index in [1.54, 1.807) is 12.1 Å². The van der Waals surface area contributed by atoms with Gasteiger partial charge in [0.15, 0.2) is 5.76 Å². The van der Waals surface area contributed by atoms with Crippen molar-refractivity contribution < 1.29 is 23.6 Å². The average Bonchev–Trinajstić information content (AvgIpc) is 3.30. The number of nitro benzene ring substituents is 1. The van der Waals surface area contributed by atoms with Crippen LogP contribution in [0.1, 0.15) is 29.2 Å². The Morgan fingerprint density at radius 2 is 2.23 bits per heavy atom. The van der Waals surface area contributed by atoms with E-state index in [-0.39, 0.29) is 40.8 Å². The van der Waals surface area contributed by atoms with Gasteiger partial charge in [-0.15, -0.1) is 0 Å². The molecular formula is C17H17ClN2O6.